The minimum absolute atomic E-state index is 0.00743. The van der Waals surface area contributed by atoms with Gasteiger partial charge < -0.3 is 14.8 Å². The first-order valence-electron chi connectivity index (χ1n) is 8.43. The zero-order valence-corrected chi connectivity index (χ0v) is 16.7. The van der Waals surface area contributed by atoms with Gasteiger partial charge in [-0.15, -0.1) is 0 Å². The normalized spacial score (nSPS) is 11.3. The van der Waals surface area contributed by atoms with Gasteiger partial charge in [0.25, 0.3) is 5.91 Å². The van der Waals surface area contributed by atoms with Crippen molar-refractivity contribution in [2.75, 3.05) is 32.6 Å². The summed E-state index contributed by atoms with van der Waals surface area (Å²) in [6.45, 7) is 3.79. The highest BCUT2D eigenvalue weighted by Gasteiger charge is 2.23. The minimum Gasteiger partial charge on any atom is -0.492 e. The molecule has 146 valence electrons. The van der Waals surface area contributed by atoms with Crippen molar-refractivity contribution in [2.45, 2.75) is 18.7 Å². The summed E-state index contributed by atoms with van der Waals surface area (Å²) in [6.07, 6.45) is 0. The monoisotopic (exact) mass is 392 g/mol. The average molecular weight is 392 g/mol. The Kier molecular flexibility index (Phi) is 6.81. The van der Waals surface area contributed by atoms with Gasteiger partial charge in [0, 0.05) is 19.8 Å². The molecule has 2 rings (SSSR count). The van der Waals surface area contributed by atoms with Crippen molar-refractivity contribution in [3.63, 3.8) is 0 Å². The van der Waals surface area contributed by atoms with Gasteiger partial charge in [-0.25, -0.2) is 12.7 Å². The number of hydrogen-bond acceptors (Lipinski definition) is 5. The second-order valence-corrected chi connectivity index (χ2v) is 8.10. The molecule has 27 heavy (non-hydrogen) atoms. The quantitative estimate of drug-likeness (QED) is 0.747. The Labute approximate surface area is 160 Å². The summed E-state index contributed by atoms with van der Waals surface area (Å²) >= 11 is 0. The summed E-state index contributed by atoms with van der Waals surface area (Å²) in [5, 5.41) is 2.65. The molecule has 0 fully saturated rings. The third-order valence-corrected chi connectivity index (χ3v) is 5.57. The van der Waals surface area contributed by atoms with E-state index in [1.54, 1.807) is 19.1 Å². The number of sulfonamides is 1. The van der Waals surface area contributed by atoms with E-state index in [9.17, 15) is 13.2 Å². The van der Waals surface area contributed by atoms with E-state index >= 15 is 0 Å². The molecule has 1 amide bonds. The molecule has 0 aliphatic heterocycles. The van der Waals surface area contributed by atoms with Gasteiger partial charge in [0.1, 0.15) is 16.4 Å². The van der Waals surface area contributed by atoms with Crippen molar-refractivity contribution in [3.05, 3.63) is 48.0 Å². The third-order valence-electron chi connectivity index (χ3n) is 3.74. The van der Waals surface area contributed by atoms with E-state index in [2.05, 4.69) is 5.32 Å². The van der Waals surface area contributed by atoms with Crippen LogP contribution in [0.3, 0.4) is 0 Å². The molecule has 2 aromatic carbocycles. The van der Waals surface area contributed by atoms with Crippen molar-refractivity contribution >= 4 is 21.6 Å². The van der Waals surface area contributed by atoms with Crippen LogP contribution in [0.15, 0.2) is 47.4 Å². The van der Waals surface area contributed by atoms with Crippen LogP contribution in [0, 0.1) is 6.92 Å². The van der Waals surface area contributed by atoms with Gasteiger partial charge in [-0.05, 0) is 43.7 Å². The number of nitrogens with one attached hydrogen (secondary N) is 1. The van der Waals surface area contributed by atoms with E-state index in [4.69, 9.17) is 9.47 Å². The molecule has 0 atom stereocenters. The number of para-hydroxylation sites is 1. The highest BCUT2D eigenvalue weighted by molar-refractivity contribution is 7.89. The molecule has 7 nitrogen and oxygen atoms in total. The van der Waals surface area contributed by atoms with E-state index in [0.29, 0.717) is 18.0 Å². The molecular weight excluding hydrogens is 368 g/mol. The molecule has 0 heterocycles. The molecule has 0 unspecified atom stereocenters. The lowest BCUT2D eigenvalue weighted by Crippen LogP contribution is -2.24. The van der Waals surface area contributed by atoms with Crippen LogP contribution in [0.4, 0.5) is 5.69 Å². The molecule has 0 saturated heterocycles. The Hall–Kier alpha value is -2.58. The zero-order chi connectivity index (χ0) is 20.0. The average Bonchev–Trinajstić information content (AvgIpc) is 2.62. The molecule has 0 bridgehead atoms. The van der Waals surface area contributed by atoms with E-state index in [1.807, 2.05) is 25.1 Å². The van der Waals surface area contributed by atoms with Crippen molar-refractivity contribution < 1.29 is 22.7 Å². The fourth-order valence-electron chi connectivity index (χ4n) is 2.32. The minimum atomic E-state index is -3.72. The van der Waals surface area contributed by atoms with Crippen molar-refractivity contribution in [2.24, 2.45) is 0 Å². The Morgan fingerprint density at radius 1 is 1.07 bits per heavy atom. The highest BCUT2D eigenvalue weighted by Crippen LogP contribution is 2.29. The number of rotatable bonds is 8. The highest BCUT2D eigenvalue weighted by atomic mass is 32.2. The molecule has 0 aliphatic carbocycles. The number of aryl methyl sites for hydroxylation is 1. The molecule has 0 saturated carbocycles. The van der Waals surface area contributed by atoms with Crippen molar-refractivity contribution in [3.8, 4) is 11.5 Å². The number of hydrogen-bond donors (Lipinski definition) is 1. The number of benzene rings is 2. The van der Waals surface area contributed by atoms with Crippen LogP contribution in [-0.4, -0.2) is 45.9 Å². The van der Waals surface area contributed by atoms with Crippen LogP contribution in [0.25, 0.3) is 0 Å². The molecule has 0 radical (unpaired) electrons. The Morgan fingerprint density at radius 2 is 1.78 bits per heavy atom. The number of carbonyl (C=O) groups is 1. The fraction of sp³-hybridized carbons (Fsp3) is 0.316. The molecule has 0 aromatic heterocycles. The van der Waals surface area contributed by atoms with Gasteiger partial charge in [0.15, 0.2) is 6.61 Å². The van der Waals surface area contributed by atoms with E-state index in [1.165, 1.54) is 26.2 Å². The first kappa shape index (κ1) is 20.7. The second kappa shape index (κ2) is 8.88. The molecule has 1 N–H and O–H groups in total. The lowest BCUT2D eigenvalue weighted by Gasteiger charge is -2.17. The molecule has 8 heteroatoms. The Morgan fingerprint density at radius 3 is 2.41 bits per heavy atom. The zero-order valence-electron chi connectivity index (χ0n) is 15.9. The first-order valence-corrected chi connectivity index (χ1v) is 9.87. The Bertz CT molecular complexity index is 910. The maximum absolute atomic E-state index is 12.5. The summed E-state index contributed by atoms with van der Waals surface area (Å²) in [5.74, 6) is 0.464. The van der Waals surface area contributed by atoms with Crippen molar-refractivity contribution in [1.82, 2.24) is 4.31 Å². The van der Waals surface area contributed by atoms with Gasteiger partial charge in [-0.1, -0.05) is 18.2 Å². The fourth-order valence-corrected chi connectivity index (χ4v) is 3.37. The predicted octanol–water partition coefficient (Wildman–Crippen LogP) is 2.66. The lowest BCUT2D eigenvalue weighted by molar-refractivity contribution is -0.118. The number of anilines is 1. The van der Waals surface area contributed by atoms with Crippen LogP contribution in [-0.2, 0) is 14.8 Å². The van der Waals surface area contributed by atoms with Crippen LogP contribution >= 0.6 is 0 Å². The number of carbonyl (C=O) groups excluding carboxylic acids is 1. The predicted molar refractivity (Wildman–Crippen MR) is 104 cm³/mol. The standard InChI is InChI=1S/C19H24N2O5S/c1-5-25-17-11-10-15(12-18(17)27(23,24)21(3)4)20-19(22)13-26-16-9-7-6-8-14(16)2/h6-12H,5,13H2,1-4H3,(H,20,22). The van der Waals surface area contributed by atoms with Gasteiger partial charge in [-0.3, -0.25) is 4.79 Å². The summed E-state index contributed by atoms with van der Waals surface area (Å²) in [7, 11) is -0.849. The summed E-state index contributed by atoms with van der Waals surface area (Å²) < 4.78 is 37.1. The van der Waals surface area contributed by atoms with Crippen LogP contribution in [0.5, 0.6) is 11.5 Å². The Balaban J connectivity index is 2.16. The second-order valence-electron chi connectivity index (χ2n) is 5.98. The van der Waals surface area contributed by atoms with E-state index in [0.717, 1.165) is 9.87 Å². The number of amides is 1. The lowest BCUT2D eigenvalue weighted by atomic mass is 10.2. The SMILES string of the molecule is CCOc1ccc(NC(=O)COc2ccccc2C)cc1S(=O)(=O)N(C)C. The molecule has 0 aliphatic rings. The van der Waals surface area contributed by atoms with Gasteiger partial charge in [-0.2, -0.15) is 0 Å². The summed E-state index contributed by atoms with van der Waals surface area (Å²) in [6, 6.07) is 11.9. The summed E-state index contributed by atoms with van der Waals surface area (Å²) in [5.41, 5.74) is 1.27. The number of ether oxygens (including phenoxy) is 2. The van der Waals surface area contributed by atoms with E-state index in [-0.39, 0.29) is 17.3 Å². The van der Waals surface area contributed by atoms with Gasteiger partial charge in [0.05, 0.1) is 6.61 Å². The molecular formula is C19H24N2O5S. The number of nitrogens with zero attached hydrogens (tertiary/aromatic N) is 1. The topological polar surface area (TPSA) is 84.9 Å². The maximum atomic E-state index is 12.5. The molecule has 2 aromatic rings. The molecule has 0 spiro atoms. The van der Waals surface area contributed by atoms with E-state index < -0.39 is 15.9 Å². The summed E-state index contributed by atoms with van der Waals surface area (Å²) in [4.78, 5) is 12.2. The third kappa shape index (κ3) is 5.21. The maximum Gasteiger partial charge on any atom is 0.262 e. The van der Waals surface area contributed by atoms with Gasteiger partial charge in [0.2, 0.25) is 10.0 Å². The van der Waals surface area contributed by atoms with Crippen LogP contribution in [0.2, 0.25) is 0 Å². The largest absolute Gasteiger partial charge is 0.492 e. The van der Waals surface area contributed by atoms with Gasteiger partial charge >= 0.3 is 0 Å². The smallest absolute Gasteiger partial charge is 0.262 e. The van der Waals surface area contributed by atoms with Crippen LogP contribution in [0.1, 0.15) is 12.5 Å². The first-order chi connectivity index (χ1) is 12.8. The van der Waals surface area contributed by atoms with Crippen LogP contribution < -0.4 is 14.8 Å². The van der Waals surface area contributed by atoms with Crippen molar-refractivity contribution in [1.29, 1.82) is 0 Å².